The van der Waals surface area contributed by atoms with Gasteiger partial charge < -0.3 is 0 Å². The minimum Gasteiger partial charge on any atom is -0.212 e. The number of fused-ring (bicyclic) bond motifs is 7. The van der Waals surface area contributed by atoms with E-state index in [-0.39, 0.29) is 5.92 Å². The number of nitrogens with zero attached hydrogens (tertiary/aromatic N) is 3. The third-order valence-corrected chi connectivity index (χ3v) is 10.5. The second-order valence-corrected chi connectivity index (χ2v) is 13.1. The topological polar surface area (TPSA) is 38.7 Å². The summed E-state index contributed by atoms with van der Waals surface area (Å²) in [5, 5.41) is 0. The van der Waals surface area contributed by atoms with Crippen LogP contribution in [0, 0.1) is 0 Å². The van der Waals surface area contributed by atoms with E-state index in [1.54, 1.807) is 0 Å². The Hall–Kier alpha value is -6.45. The van der Waals surface area contributed by atoms with Gasteiger partial charge in [-0.1, -0.05) is 182 Å². The first kappa shape index (κ1) is 28.6. The highest BCUT2D eigenvalue weighted by Gasteiger charge is 2.50. The van der Waals surface area contributed by atoms with Crippen molar-refractivity contribution < 1.29 is 0 Å². The van der Waals surface area contributed by atoms with Gasteiger partial charge >= 0.3 is 0 Å². The molecule has 8 aromatic rings. The summed E-state index contributed by atoms with van der Waals surface area (Å²) in [6, 6.07) is 65.0. The number of benzene rings is 7. The van der Waals surface area contributed by atoms with Crippen LogP contribution in [-0.4, -0.2) is 15.0 Å². The molecule has 234 valence electrons. The van der Waals surface area contributed by atoms with E-state index in [0.717, 1.165) is 17.0 Å². The van der Waals surface area contributed by atoms with E-state index in [0.29, 0.717) is 11.6 Å². The molecular formula is C47H31N3. The van der Waals surface area contributed by atoms with Crippen LogP contribution in [0.3, 0.4) is 0 Å². The molecule has 0 amide bonds. The molecule has 0 aliphatic heterocycles. The van der Waals surface area contributed by atoms with E-state index in [2.05, 4.69) is 146 Å². The first-order chi connectivity index (χ1) is 24.8. The third kappa shape index (κ3) is 4.13. The number of hydrogen-bond donors (Lipinski definition) is 0. The maximum absolute atomic E-state index is 5.35. The van der Waals surface area contributed by atoms with Crippen LogP contribution >= 0.6 is 0 Å². The second kappa shape index (κ2) is 11.3. The van der Waals surface area contributed by atoms with Gasteiger partial charge in [-0.05, 0) is 55.6 Å². The van der Waals surface area contributed by atoms with Crippen molar-refractivity contribution in [3.05, 3.63) is 221 Å². The normalized spacial score (nSPS) is 14.8. The van der Waals surface area contributed by atoms with Gasteiger partial charge in [0, 0.05) is 11.1 Å². The summed E-state index contributed by atoms with van der Waals surface area (Å²) in [5.41, 5.74) is 13.9. The van der Waals surface area contributed by atoms with Gasteiger partial charge in [0.25, 0.3) is 0 Å². The molecule has 10 rings (SSSR count). The largest absolute Gasteiger partial charge is 0.212 e. The minimum atomic E-state index is -0.558. The summed E-state index contributed by atoms with van der Waals surface area (Å²) in [6.07, 6.45) is 0. The molecule has 0 N–H and O–H groups in total. The standard InChI is InChI=1S/C47H31N3/c1-5-17-31(18-6-1)44-48-45(32-19-7-2-8-20-32)50-46(49-44)42-37-27-14-13-25-35(37)38-29-30-39-36-26-15-16-28-40(36)47(43(39)41(38)42,33-21-9-3-10-22-33)34-23-11-4-12-24-34/h1-30,42H. The van der Waals surface area contributed by atoms with Crippen LogP contribution in [0.2, 0.25) is 0 Å². The summed E-state index contributed by atoms with van der Waals surface area (Å²) in [7, 11) is 0. The van der Waals surface area contributed by atoms with E-state index in [1.165, 1.54) is 55.6 Å². The van der Waals surface area contributed by atoms with Crippen molar-refractivity contribution in [3.8, 4) is 45.0 Å². The molecule has 1 heterocycles. The predicted molar refractivity (Wildman–Crippen MR) is 201 cm³/mol. The Bertz CT molecular complexity index is 2430. The van der Waals surface area contributed by atoms with Crippen LogP contribution in [0.1, 0.15) is 45.1 Å². The smallest absolute Gasteiger partial charge is 0.163 e. The molecule has 3 nitrogen and oxygen atoms in total. The first-order valence-electron chi connectivity index (χ1n) is 17.2. The molecule has 50 heavy (non-hydrogen) atoms. The molecule has 1 atom stereocenters. The van der Waals surface area contributed by atoms with Crippen molar-refractivity contribution in [1.82, 2.24) is 15.0 Å². The monoisotopic (exact) mass is 637 g/mol. The van der Waals surface area contributed by atoms with Crippen molar-refractivity contribution in [2.75, 3.05) is 0 Å². The predicted octanol–water partition coefficient (Wildman–Crippen LogP) is 10.7. The van der Waals surface area contributed by atoms with Crippen LogP contribution in [0.25, 0.3) is 45.0 Å². The molecule has 0 radical (unpaired) electrons. The number of aromatic nitrogens is 3. The number of hydrogen-bond acceptors (Lipinski definition) is 3. The van der Waals surface area contributed by atoms with Gasteiger partial charge in [-0.2, -0.15) is 0 Å². The van der Waals surface area contributed by atoms with Crippen molar-refractivity contribution >= 4 is 0 Å². The Balaban J connectivity index is 1.34. The molecule has 7 aromatic carbocycles. The van der Waals surface area contributed by atoms with Gasteiger partial charge in [-0.15, -0.1) is 0 Å². The lowest BCUT2D eigenvalue weighted by atomic mass is 9.65. The molecule has 2 aliphatic rings. The molecule has 0 fully saturated rings. The number of rotatable bonds is 5. The average Bonchev–Trinajstić information content (AvgIpc) is 3.70. The van der Waals surface area contributed by atoms with Crippen LogP contribution < -0.4 is 0 Å². The Labute approximate surface area is 291 Å². The minimum absolute atomic E-state index is 0.217. The molecule has 1 aromatic heterocycles. The van der Waals surface area contributed by atoms with Gasteiger partial charge in [0.15, 0.2) is 11.6 Å². The van der Waals surface area contributed by atoms with Crippen LogP contribution in [0.5, 0.6) is 0 Å². The first-order valence-corrected chi connectivity index (χ1v) is 17.2. The van der Waals surface area contributed by atoms with Crippen molar-refractivity contribution in [2.45, 2.75) is 11.3 Å². The Morgan fingerprint density at radius 1 is 0.380 bits per heavy atom. The summed E-state index contributed by atoms with van der Waals surface area (Å²) < 4.78 is 0. The Morgan fingerprint density at radius 2 is 0.860 bits per heavy atom. The van der Waals surface area contributed by atoms with Crippen molar-refractivity contribution in [3.63, 3.8) is 0 Å². The maximum atomic E-state index is 5.35. The van der Waals surface area contributed by atoms with Gasteiger partial charge in [-0.25, -0.2) is 15.0 Å². The zero-order valence-corrected chi connectivity index (χ0v) is 27.2. The van der Waals surface area contributed by atoms with Crippen LogP contribution in [0.4, 0.5) is 0 Å². The molecule has 0 bridgehead atoms. The van der Waals surface area contributed by atoms with E-state index < -0.39 is 5.41 Å². The fourth-order valence-electron chi connectivity index (χ4n) is 8.48. The SMILES string of the molecule is c1ccc(-c2nc(-c3ccccc3)nc(C3c4ccccc4-c4ccc5c(c43)C(c3ccccc3)(c3ccccc3)c3ccccc3-5)n2)cc1. The maximum Gasteiger partial charge on any atom is 0.163 e. The van der Waals surface area contributed by atoms with Gasteiger partial charge in [-0.3, -0.25) is 0 Å². The molecule has 0 saturated heterocycles. The highest BCUT2D eigenvalue weighted by atomic mass is 15.0. The fraction of sp³-hybridized carbons (Fsp3) is 0.0426. The highest BCUT2D eigenvalue weighted by molar-refractivity contribution is 5.94. The third-order valence-electron chi connectivity index (χ3n) is 10.5. The zero-order chi connectivity index (χ0) is 33.1. The quantitative estimate of drug-likeness (QED) is 0.188. The van der Waals surface area contributed by atoms with Crippen molar-refractivity contribution in [1.29, 1.82) is 0 Å². The van der Waals surface area contributed by atoms with Gasteiger partial charge in [0.1, 0.15) is 5.82 Å². The van der Waals surface area contributed by atoms with Crippen LogP contribution in [-0.2, 0) is 5.41 Å². The van der Waals surface area contributed by atoms with Crippen molar-refractivity contribution in [2.24, 2.45) is 0 Å². The van der Waals surface area contributed by atoms with Crippen LogP contribution in [0.15, 0.2) is 182 Å². The second-order valence-electron chi connectivity index (χ2n) is 13.1. The lowest BCUT2D eigenvalue weighted by molar-refractivity contribution is 0.743. The molecule has 0 spiro atoms. The van der Waals surface area contributed by atoms with E-state index in [1.807, 2.05) is 36.4 Å². The Morgan fingerprint density at radius 3 is 1.46 bits per heavy atom. The average molecular weight is 638 g/mol. The summed E-state index contributed by atoms with van der Waals surface area (Å²) >= 11 is 0. The fourth-order valence-corrected chi connectivity index (χ4v) is 8.48. The van der Waals surface area contributed by atoms with Gasteiger partial charge in [0.2, 0.25) is 0 Å². The molecule has 3 heteroatoms. The van der Waals surface area contributed by atoms with E-state index >= 15 is 0 Å². The highest BCUT2D eigenvalue weighted by Crippen LogP contribution is 2.62. The summed E-state index contributed by atoms with van der Waals surface area (Å²) in [5.74, 6) is 1.88. The Kier molecular flexibility index (Phi) is 6.47. The lowest BCUT2D eigenvalue weighted by Gasteiger charge is -2.36. The molecule has 2 aliphatic carbocycles. The molecule has 1 unspecified atom stereocenters. The summed E-state index contributed by atoms with van der Waals surface area (Å²) in [6.45, 7) is 0. The van der Waals surface area contributed by atoms with E-state index in [4.69, 9.17) is 15.0 Å². The van der Waals surface area contributed by atoms with E-state index in [9.17, 15) is 0 Å². The lowest BCUT2D eigenvalue weighted by Crippen LogP contribution is -2.30. The molecule has 0 saturated carbocycles. The van der Waals surface area contributed by atoms with Gasteiger partial charge in [0.05, 0.1) is 11.3 Å². The summed E-state index contributed by atoms with van der Waals surface area (Å²) in [4.78, 5) is 15.8. The zero-order valence-electron chi connectivity index (χ0n) is 27.2. The molecular weight excluding hydrogens is 607 g/mol.